The van der Waals surface area contributed by atoms with Gasteiger partial charge in [0.2, 0.25) is 0 Å². The van der Waals surface area contributed by atoms with Crippen molar-refractivity contribution in [1.29, 1.82) is 0 Å². The zero-order valence-electron chi connectivity index (χ0n) is 11.5. The molecule has 1 amide bonds. The SMILES string of the molecule is CCc1ccccc1NC(=O)n1ncc2cc(Cl)ccc21. The van der Waals surface area contributed by atoms with Crippen LogP contribution in [0.15, 0.2) is 48.7 Å². The predicted octanol–water partition coefficient (Wildman–Crippen LogP) is 4.33. The van der Waals surface area contributed by atoms with Crippen LogP contribution >= 0.6 is 11.6 Å². The summed E-state index contributed by atoms with van der Waals surface area (Å²) in [5.74, 6) is 0. The number of aromatic nitrogens is 2. The second-order valence-electron chi connectivity index (χ2n) is 4.70. The lowest BCUT2D eigenvalue weighted by Gasteiger charge is -2.09. The normalized spacial score (nSPS) is 10.8. The molecule has 3 rings (SSSR count). The lowest BCUT2D eigenvalue weighted by Crippen LogP contribution is -2.21. The van der Waals surface area contributed by atoms with E-state index in [4.69, 9.17) is 11.6 Å². The second kappa shape index (κ2) is 5.58. The summed E-state index contributed by atoms with van der Waals surface area (Å²) in [4.78, 5) is 12.4. The highest BCUT2D eigenvalue weighted by molar-refractivity contribution is 6.31. The van der Waals surface area contributed by atoms with E-state index in [1.807, 2.05) is 24.3 Å². The number of hydrogen-bond donors (Lipinski definition) is 1. The minimum Gasteiger partial charge on any atom is -0.306 e. The van der Waals surface area contributed by atoms with E-state index in [9.17, 15) is 4.79 Å². The van der Waals surface area contributed by atoms with Crippen molar-refractivity contribution in [3.05, 3.63) is 59.2 Å². The first-order valence-electron chi connectivity index (χ1n) is 6.71. The van der Waals surface area contributed by atoms with Crippen molar-refractivity contribution in [1.82, 2.24) is 9.78 Å². The highest BCUT2D eigenvalue weighted by Crippen LogP contribution is 2.20. The molecule has 0 radical (unpaired) electrons. The van der Waals surface area contributed by atoms with Gasteiger partial charge in [0.25, 0.3) is 0 Å². The number of rotatable bonds is 2. The van der Waals surface area contributed by atoms with E-state index < -0.39 is 0 Å². The van der Waals surface area contributed by atoms with Crippen molar-refractivity contribution in [2.45, 2.75) is 13.3 Å². The minimum absolute atomic E-state index is 0.284. The lowest BCUT2D eigenvalue weighted by molar-refractivity contribution is 0.252. The molecule has 21 heavy (non-hydrogen) atoms. The molecule has 0 unspecified atom stereocenters. The first-order chi connectivity index (χ1) is 10.2. The van der Waals surface area contributed by atoms with E-state index in [0.29, 0.717) is 5.02 Å². The molecule has 3 aromatic rings. The number of anilines is 1. The van der Waals surface area contributed by atoms with Crippen molar-refractivity contribution < 1.29 is 4.79 Å². The van der Waals surface area contributed by atoms with Crippen LogP contribution in [0.5, 0.6) is 0 Å². The number of carbonyl (C=O) groups is 1. The predicted molar refractivity (Wildman–Crippen MR) is 85.0 cm³/mol. The molecule has 2 aromatic carbocycles. The number of nitrogens with one attached hydrogen (secondary N) is 1. The van der Waals surface area contributed by atoms with Gasteiger partial charge in [-0.3, -0.25) is 0 Å². The molecule has 5 heteroatoms. The first-order valence-corrected chi connectivity index (χ1v) is 7.09. The summed E-state index contributed by atoms with van der Waals surface area (Å²) in [5.41, 5.74) is 2.62. The van der Waals surface area contributed by atoms with Gasteiger partial charge in [-0.1, -0.05) is 36.7 Å². The summed E-state index contributed by atoms with van der Waals surface area (Å²) in [6.45, 7) is 2.05. The maximum absolute atomic E-state index is 12.4. The third-order valence-corrected chi connectivity index (χ3v) is 3.60. The molecule has 0 saturated heterocycles. The van der Waals surface area contributed by atoms with Gasteiger partial charge >= 0.3 is 6.03 Å². The summed E-state index contributed by atoms with van der Waals surface area (Å²) in [6, 6.07) is 12.8. The Balaban J connectivity index is 1.94. The molecule has 4 nitrogen and oxygen atoms in total. The van der Waals surface area contributed by atoms with Gasteiger partial charge < -0.3 is 5.32 Å². The highest BCUT2D eigenvalue weighted by atomic mass is 35.5. The van der Waals surface area contributed by atoms with Gasteiger partial charge in [0, 0.05) is 16.1 Å². The summed E-state index contributed by atoms with van der Waals surface area (Å²) >= 11 is 5.94. The lowest BCUT2D eigenvalue weighted by atomic mass is 10.1. The Bertz CT molecular complexity index is 810. The Morgan fingerprint density at radius 1 is 1.29 bits per heavy atom. The third-order valence-electron chi connectivity index (χ3n) is 3.36. The zero-order chi connectivity index (χ0) is 14.8. The maximum Gasteiger partial charge on any atom is 0.347 e. The van der Waals surface area contributed by atoms with E-state index in [1.54, 1.807) is 24.4 Å². The fourth-order valence-electron chi connectivity index (χ4n) is 2.28. The maximum atomic E-state index is 12.4. The van der Waals surface area contributed by atoms with Crippen LogP contribution in [0.2, 0.25) is 5.02 Å². The Labute approximate surface area is 127 Å². The molecule has 1 heterocycles. The zero-order valence-corrected chi connectivity index (χ0v) is 12.3. The van der Waals surface area contributed by atoms with Gasteiger partial charge in [-0.25, -0.2) is 4.79 Å². The Morgan fingerprint density at radius 2 is 2.10 bits per heavy atom. The van der Waals surface area contributed by atoms with Gasteiger partial charge in [-0.05, 0) is 36.2 Å². The second-order valence-corrected chi connectivity index (χ2v) is 5.14. The third kappa shape index (κ3) is 2.62. The molecule has 0 bridgehead atoms. The standard InChI is InChI=1S/C16H14ClN3O/c1-2-11-5-3-4-6-14(11)19-16(21)20-15-8-7-13(17)9-12(15)10-18-20/h3-10H,2H2,1H3,(H,19,21). The number of aryl methyl sites for hydroxylation is 1. The van der Waals surface area contributed by atoms with Crippen LogP contribution < -0.4 is 5.32 Å². The summed E-state index contributed by atoms with van der Waals surface area (Å²) in [5, 5.41) is 8.49. The molecule has 0 aliphatic rings. The van der Waals surface area contributed by atoms with Crippen LogP contribution in [0.3, 0.4) is 0 Å². The summed E-state index contributed by atoms with van der Waals surface area (Å²) in [7, 11) is 0. The van der Waals surface area contributed by atoms with Crippen LogP contribution in [-0.4, -0.2) is 15.8 Å². The molecule has 1 aromatic heterocycles. The van der Waals surface area contributed by atoms with Gasteiger partial charge in [-0.2, -0.15) is 9.78 Å². The van der Waals surface area contributed by atoms with Crippen molar-refractivity contribution in [2.75, 3.05) is 5.32 Å². The van der Waals surface area contributed by atoms with Crippen LogP contribution in [0, 0.1) is 0 Å². The van der Waals surface area contributed by atoms with Crippen molar-refractivity contribution in [3.63, 3.8) is 0 Å². The number of carbonyl (C=O) groups excluding carboxylic acids is 1. The molecule has 106 valence electrons. The van der Waals surface area contributed by atoms with Gasteiger partial charge in [0.15, 0.2) is 0 Å². The molecule has 0 aliphatic carbocycles. The molecular formula is C16H14ClN3O. The Hall–Kier alpha value is -2.33. The van der Waals surface area contributed by atoms with Crippen LogP contribution in [-0.2, 0) is 6.42 Å². The molecule has 1 N–H and O–H groups in total. The van der Waals surface area contributed by atoms with Crippen LogP contribution in [0.4, 0.5) is 10.5 Å². The number of halogens is 1. The van der Waals surface area contributed by atoms with Crippen molar-refractivity contribution in [3.8, 4) is 0 Å². The summed E-state index contributed by atoms with van der Waals surface area (Å²) in [6.07, 6.45) is 2.48. The number of amides is 1. The minimum atomic E-state index is -0.284. The number of para-hydroxylation sites is 1. The number of benzene rings is 2. The van der Waals surface area contributed by atoms with Crippen LogP contribution in [0.25, 0.3) is 10.9 Å². The van der Waals surface area contributed by atoms with E-state index in [2.05, 4.69) is 17.3 Å². The molecule has 0 aliphatic heterocycles. The van der Waals surface area contributed by atoms with E-state index >= 15 is 0 Å². The van der Waals surface area contributed by atoms with E-state index in [0.717, 1.165) is 28.6 Å². The van der Waals surface area contributed by atoms with E-state index in [1.165, 1.54) is 4.68 Å². The highest BCUT2D eigenvalue weighted by Gasteiger charge is 2.12. The van der Waals surface area contributed by atoms with Gasteiger partial charge in [0.05, 0.1) is 11.7 Å². The van der Waals surface area contributed by atoms with Gasteiger partial charge in [0.1, 0.15) is 0 Å². The summed E-state index contributed by atoms with van der Waals surface area (Å²) < 4.78 is 1.35. The smallest absolute Gasteiger partial charge is 0.306 e. The van der Waals surface area contributed by atoms with Crippen molar-refractivity contribution >= 4 is 34.2 Å². The molecule has 0 fully saturated rings. The van der Waals surface area contributed by atoms with E-state index in [-0.39, 0.29) is 6.03 Å². The van der Waals surface area contributed by atoms with Crippen LogP contribution in [0.1, 0.15) is 12.5 Å². The molecule has 0 atom stereocenters. The average Bonchev–Trinajstić information content (AvgIpc) is 2.90. The number of nitrogens with zero attached hydrogens (tertiary/aromatic N) is 2. The molecular weight excluding hydrogens is 286 g/mol. The fourth-order valence-corrected chi connectivity index (χ4v) is 2.46. The Morgan fingerprint density at radius 3 is 2.90 bits per heavy atom. The molecule has 0 saturated carbocycles. The quantitative estimate of drug-likeness (QED) is 0.765. The Kier molecular flexibility index (Phi) is 3.62. The average molecular weight is 300 g/mol. The van der Waals surface area contributed by atoms with Crippen molar-refractivity contribution in [2.24, 2.45) is 0 Å². The number of hydrogen-bond acceptors (Lipinski definition) is 2. The largest absolute Gasteiger partial charge is 0.347 e. The number of fused-ring (bicyclic) bond motifs is 1. The first kappa shape index (κ1) is 13.6. The molecule has 0 spiro atoms. The topological polar surface area (TPSA) is 46.9 Å². The fraction of sp³-hybridized carbons (Fsp3) is 0.125. The monoisotopic (exact) mass is 299 g/mol. The van der Waals surface area contributed by atoms with Gasteiger partial charge in [-0.15, -0.1) is 0 Å².